The number of nitrogens with one attached hydrogen (secondary N) is 2. The van der Waals surface area contributed by atoms with Crippen molar-refractivity contribution in [2.45, 2.75) is 5.92 Å². The van der Waals surface area contributed by atoms with Crippen LogP contribution in [0.1, 0.15) is 10.4 Å². The van der Waals surface area contributed by atoms with E-state index in [2.05, 4.69) is 20.3 Å². The highest BCUT2D eigenvalue weighted by Crippen LogP contribution is 2.39. The fraction of sp³-hybridized carbons (Fsp3) is 0.276. The van der Waals surface area contributed by atoms with Crippen molar-refractivity contribution in [3.63, 3.8) is 0 Å². The summed E-state index contributed by atoms with van der Waals surface area (Å²) in [6.45, 7) is 0.819. The van der Waals surface area contributed by atoms with Crippen LogP contribution >= 0.6 is 0 Å². The highest BCUT2D eigenvalue weighted by molar-refractivity contribution is 6.00. The number of carbonyl (C=O) groups excluding carboxylic acids is 1. The molecule has 3 aliphatic heterocycles. The molecule has 0 atom stereocenters. The molecule has 3 aliphatic rings. The van der Waals surface area contributed by atoms with Crippen LogP contribution in [0.15, 0.2) is 59.9 Å². The third-order valence-corrected chi connectivity index (χ3v) is 7.46. The Kier molecular flexibility index (Phi) is 6.08. The molecule has 13 heteroatoms. The largest absolute Gasteiger partial charge is 0.464 e. The average Bonchev–Trinajstić information content (AvgIpc) is 3.38. The lowest BCUT2D eigenvalue weighted by Crippen LogP contribution is -2.58. The Morgan fingerprint density at radius 2 is 1.79 bits per heavy atom. The second-order valence-corrected chi connectivity index (χ2v) is 10.7. The van der Waals surface area contributed by atoms with Gasteiger partial charge in [0.25, 0.3) is 17.9 Å². The molecule has 2 aromatic heterocycles. The average molecular weight is 582 g/mol. The third-order valence-electron chi connectivity index (χ3n) is 7.46. The van der Waals surface area contributed by atoms with Crippen molar-refractivity contribution in [2.24, 2.45) is 10.4 Å². The summed E-state index contributed by atoms with van der Waals surface area (Å²) in [6.07, 6.45) is 3.09. The van der Waals surface area contributed by atoms with Gasteiger partial charge in [0.15, 0.2) is 17.4 Å². The van der Waals surface area contributed by atoms with E-state index in [1.54, 1.807) is 18.3 Å². The lowest BCUT2D eigenvalue weighted by molar-refractivity contribution is -0.132. The van der Waals surface area contributed by atoms with Crippen LogP contribution in [-0.4, -0.2) is 72.2 Å². The number of rotatable bonds is 5. The van der Waals surface area contributed by atoms with Crippen LogP contribution in [-0.2, 0) is 9.47 Å². The van der Waals surface area contributed by atoms with E-state index < -0.39 is 42.3 Å². The number of amidine groups is 1. The predicted octanol–water partition coefficient (Wildman–Crippen LogP) is 5.21. The molecule has 0 unspecified atom stereocenters. The van der Waals surface area contributed by atoms with E-state index in [4.69, 9.17) is 14.2 Å². The minimum absolute atomic E-state index is 0.107. The monoisotopic (exact) mass is 581 g/mol. The molecular weight excluding hydrogens is 558 g/mol. The molecule has 0 aliphatic carbocycles. The van der Waals surface area contributed by atoms with Crippen molar-refractivity contribution in [1.82, 2.24) is 14.9 Å². The number of aliphatic imine (C=N–C) groups is 1. The minimum atomic E-state index is -2.85. The van der Waals surface area contributed by atoms with Crippen molar-refractivity contribution in [3.8, 4) is 22.6 Å². The zero-order chi connectivity index (χ0) is 29.1. The summed E-state index contributed by atoms with van der Waals surface area (Å²) in [4.78, 5) is 25.2. The number of likely N-dealkylation sites (tertiary alicyclic amines) is 1. The molecule has 0 bridgehead atoms. The van der Waals surface area contributed by atoms with Crippen LogP contribution in [0.3, 0.4) is 0 Å². The second kappa shape index (κ2) is 9.72. The van der Waals surface area contributed by atoms with Gasteiger partial charge in [-0.25, -0.2) is 27.5 Å². The quantitative estimate of drug-likeness (QED) is 0.314. The number of fused-ring (bicyclic) bond motifs is 1. The maximum atomic E-state index is 15.1. The molecule has 9 nitrogen and oxygen atoms in total. The van der Waals surface area contributed by atoms with Crippen molar-refractivity contribution in [1.29, 1.82) is 0 Å². The molecule has 0 radical (unpaired) electrons. The summed E-state index contributed by atoms with van der Waals surface area (Å²) in [6, 6.07) is 10.2. The van der Waals surface area contributed by atoms with Crippen LogP contribution in [0.2, 0.25) is 0 Å². The number of benzene rings is 2. The van der Waals surface area contributed by atoms with Gasteiger partial charge >= 0.3 is 0 Å². The summed E-state index contributed by atoms with van der Waals surface area (Å²) in [5, 5.41) is 3.26. The second-order valence-electron chi connectivity index (χ2n) is 10.7. The first-order valence-corrected chi connectivity index (χ1v) is 13.1. The van der Waals surface area contributed by atoms with Crippen molar-refractivity contribution >= 4 is 28.6 Å². The molecule has 2 saturated heterocycles. The number of hydrogen-bond acceptors (Lipinski definition) is 7. The number of amides is 1. The lowest BCUT2D eigenvalue weighted by atomic mass is 9.87. The molecule has 2 N–H and O–H groups in total. The zero-order valence-corrected chi connectivity index (χ0v) is 21.9. The van der Waals surface area contributed by atoms with Crippen molar-refractivity contribution < 1.29 is 36.6 Å². The van der Waals surface area contributed by atoms with E-state index in [9.17, 15) is 13.6 Å². The summed E-state index contributed by atoms with van der Waals surface area (Å²) >= 11 is 0. The molecule has 1 spiro atoms. The number of H-pyrrole nitrogens is 1. The Hall–Kier alpha value is -4.65. The topological polar surface area (TPSA) is 101 Å². The number of hydrogen-bond donors (Lipinski definition) is 2. The van der Waals surface area contributed by atoms with E-state index in [0.717, 1.165) is 17.0 Å². The molecule has 0 saturated carbocycles. The Labute approximate surface area is 236 Å². The minimum Gasteiger partial charge on any atom is -0.464 e. The fourth-order valence-electron chi connectivity index (χ4n) is 5.13. The molecule has 5 heterocycles. The third kappa shape index (κ3) is 4.69. The van der Waals surface area contributed by atoms with E-state index in [1.165, 1.54) is 24.4 Å². The van der Waals surface area contributed by atoms with Crippen molar-refractivity contribution in [3.05, 3.63) is 72.1 Å². The first-order chi connectivity index (χ1) is 20.2. The highest BCUT2D eigenvalue weighted by atomic mass is 19.3. The van der Waals surface area contributed by atoms with Gasteiger partial charge in [-0.2, -0.15) is 0 Å². The SMILES string of the molecule is O=C(c1ccc(-c2c[nH]c3nccc(Oc4c(F)cc(NC5=NCC6(COC6)CO5)cc4F)c23)cc1)N1CC(F)(F)C1. The summed E-state index contributed by atoms with van der Waals surface area (Å²) in [7, 11) is 0. The predicted molar refractivity (Wildman–Crippen MR) is 144 cm³/mol. The van der Waals surface area contributed by atoms with Gasteiger partial charge in [0.2, 0.25) is 0 Å². The van der Waals surface area contributed by atoms with Gasteiger partial charge in [-0.3, -0.25) is 4.79 Å². The van der Waals surface area contributed by atoms with E-state index >= 15 is 8.78 Å². The summed E-state index contributed by atoms with van der Waals surface area (Å²) in [5.74, 6) is -5.69. The van der Waals surface area contributed by atoms with Gasteiger partial charge in [-0.05, 0) is 23.8 Å². The maximum absolute atomic E-state index is 15.1. The van der Waals surface area contributed by atoms with Crippen LogP contribution in [0.5, 0.6) is 11.5 Å². The molecule has 7 rings (SSSR count). The maximum Gasteiger partial charge on any atom is 0.289 e. The van der Waals surface area contributed by atoms with Gasteiger partial charge < -0.3 is 29.4 Å². The van der Waals surface area contributed by atoms with Gasteiger partial charge in [0, 0.05) is 41.3 Å². The van der Waals surface area contributed by atoms with Crippen LogP contribution < -0.4 is 10.1 Å². The van der Waals surface area contributed by atoms with Crippen LogP contribution in [0, 0.1) is 17.0 Å². The number of nitrogens with zero attached hydrogens (tertiary/aromatic N) is 3. The van der Waals surface area contributed by atoms with Gasteiger partial charge in [-0.15, -0.1) is 0 Å². The number of ether oxygens (including phenoxy) is 3. The molecular formula is C29H23F4N5O4. The molecule has 2 fully saturated rings. The number of aromatic nitrogens is 2. The van der Waals surface area contributed by atoms with E-state index in [1.807, 2.05) is 0 Å². The molecule has 216 valence electrons. The van der Waals surface area contributed by atoms with Gasteiger partial charge in [0.1, 0.15) is 18.0 Å². The first kappa shape index (κ1) is 26.3. The number of halogens is 4. The summed E-state index contributed by atoms with van der Waals surface area (Å²) < 4.78 is 73.2. The van der Waals surface area contributed by atoms with Crippen molar-refractivity contribution in [2.75, 3.05) is 44.8 Å². The number of alkyl halides is 2. The smallest absolute Gasteiger partial charge is 0.289 e. The van der Waals surface area contributed by atoms with Crippen LogP contribution in [0.25, 0.3) is 22.2 Å². The Balaban J connectivity index is 1.12. The Morgan fingerprint density at radius 3 is 2.40 bits per heavy atom. The zero-order valence-electron chi connectivity index (χ0n) is 21.9. The summed E-state index contributed by atoms with van der Waals surface area (Å²) in [5.41, 5.74) is 1.91. The number of carbonyl (C=O) groups is 1. The standard InChI is InChI=1S/C29H23F4N5O4/c30-20-7-18(37-27-36-10-28(15-41-27)13-40-14-28)8-21(31)24(20)42-22-5-6-34-25-23(22)19(9-35-25)16-1-3-17(4-2-16)26(39)38-11-29(32,33)12-38/h1-9H,10-15H2,(H,34,35)(H,36,37). The molecule has 42 heavy (non-hydrogen) atoms. The molecule has 1 amide bonds. The van der Waals surface area contributed by atoms with Gasteiger partial charge in [0.05, 0.1) is 43.6 Å². The van der Waals surface area contributed by atoms with E-state index in [-0.39, 0.29) is 28.4 Å². The number of anilines is 1. The van der Waals surface area contributed by atoms with E-state index in [0.29, 0.717) is 48.5 Å². The van der Waals surface area contributed by atoms with Crippen LogP contribution in [0.4, 0.5) is 23.2 Å². The highest BCUT2D eigenvalue weighted by Gasteiger charge is 2.46. The Bertz CT molecular complexity index is 1700. The molecule has 2 aromatic carbocycles. The number of aromatic amines is 1. The lowest BCUT2D eigenvalue weighted by Gasteiger charge is -2.41. The normalized spacial score (nSPS) is 18.6. The first-order valence-electron chi connectivity index (χ1n) is 13.1. The number of pyridine rings is 1. The van der Waals surface area contributed by atoms with Gasteiger partial charge in [-0.1, -0.05) is 12.1 Å². The fourth-order valence-corrected chi connectivity index (χ4v) is 5.13. The molecule has 4 aromatic rings. The Morgan fingerprint density at radius 1 is 1.05 bits per heavy atom.